The summed E-state index contributed by atoms with van der Waals surface area (Å²) in [4.78, 5) is 38.2. The number of pyridine rings is 2. The van der Waals surface area contributed by atoms with Crippen molar-refractivity contribution < 1.29 is 24.4 Å². The highest BCUT2D eigenvalue weighted by Crippen LogP contribution is 2.16. The average Bonchev–Trinajstić information content (AvgIpc) is 3.04. The molecule has 2 aliphatic rings. The Labute approximate surface area is 253 Å². The topological polar surface area (TPSA) is 133 Å². The zero-order valence-corrected chi connectivity index (χ0v) is 24.0. The fourth-order valence-electron chi connectivity index (χ4n) is 4.08. The highest BCUT2D eigenvalue weighted by Gasteiger charge is 2.13. The largest absolute Gasteiger partial charge is 0.494 e. The van der Waals surface area contributed by atoms with Gasteiger partial charge >= 0.3 is 0 Å². The van der Waals surface area contributed by atoms with Crippen molar-refractivity contribution in [1.82, 2.24) is 4.57 Å². The molecule has 0 aliphatic heterocycles. The van der Waals surface area contributed by atoms with Crippen LogP contribution in [0.25, 0.3) is 0 Å². The Morgan fingerprint density at radius 3 is 1.80 bits per heavy atom. The van der Waals surface area contributed by atoms with Crippen molar-refractivity contribution in [2.75, 3.05) is 5.32 Å². The molecule has 2 heterocycles. The first-order valence-electron chi connectivity index (χ1n) is 13.6. The number of hydrogen-bond donors (Lipinski definition) is 3. The number of aliphatic hydroxyl groups is 2. The van der Waals surface area contributed by atoms with E-state index in [9.17, 15) is 19.8 Å². The zero-order valence-electron chi connectivity index (χ0n) is 24.0. The third-order valence-electron chi connectivity index (χ3n) is 6.52. The summed E-state index contributed by atoms with van der Waals surface area (Å²) >= 11 is 0. The normalized spacial score (nSPS) is 13.5. The first kappa shape index (κ1) is 29.3. The number of nitrogens with one attached hydrogen (secondary N) is 1. The first-order valence-corrected chi connectivity index (χ1v) is 13.6. The number of allylic oxidation sites excluding steroid dienone is 10. The molecular weight excluding hydrogens is 556 g/mol. The van der Waals surface area contributed by atoms with Crippen LogP contribution in [0.15, 0.2) is 160 Å². The Morgan fingerprint density at radius 1 is 0.727 bits per heavy atom. The summed E-state index contributed by atoms with van der Waals surface area (Å²) in [5, 5.41) is 24.3. The van der Waals surface area contributed by atoms with Gasteiger partial charge in [-0.05, 0) is 78.9 Å². The third-order valence-corrected chi connectivity index (χ3v) is 6.52. The Balaban J connectivity index is 1.24. The molecule has 2 amide bonds. The van der Waals surface area contributed by atoms with E-state index in [1.165, 1.54) is 6.07 Å². The summed E-state index contributed by atoms with van der Waals surface area (Å²) < 4.78 is 3.74. The van der Waals surface area contributed by atoms with E-state index in [1.54, 1.807) is 78.9 Å². The molecular formula is C34H29N6O4+. The third kappa shape index (κ3) is 7.56. The van der Waals surface area contributed by atoms with Gasteiger partial charge in [-0.1, -0.05) is 6.07 Å². The zero-order chi connectivity index (χ0) is 31.1. The van der Waals surface area contributed by atoms with Gasteiger partial charge in [0.25, 0.3) is 11.8 Å². The lowest BCUT2D eigenvalue weighted by Gasteiger charge is -2.09. The molecule has 0 unspecified atom stereocenters. The fourth-order valence-corrected chi connectivity index (χ4v) is 4.08. The number of anilines is 1. The van der Waals surface area contributed by atoms with Crippen LogP contribution >= 0.6 is 0 Å². The van der Waals surface area contributed by atoms with Crippen LogP contribution in [-0.4, -0.2) is 38.0 Å². The van der Waals surface area contributed by atoms with Gasteiger partial charge in [-0.15, -0.1) is 0 Å². The van der Waals surface area contributed by atoms with Crippen LogP contribution in [0.2, 0.25) is 0 Å². The maximum atomic E-state index is 12.9. The molecule has 3 aromatic rings. The van der Waals surface area contributed by atoms with Crippen LogP contribution in [0.4, 0.5) is 5.69 Å². The number of amides is 2. The standard InChI is InChI=1S/C34H28N6O4/c1-39-18-14-29(15-19-39)37-31(41)23-6-10-27(11-7-23)35-33(43)25-4-3-5-26(22-25)34(44)36-28-12-8-24(9-13-28)32(42)38-30-16-20-40(2)21-17-30/h3-22H,1-2H3,(H2,35,36,41,42,43,44)/p+1. The van der Waals surface area contributed by atoms with E-state index in [4.69, 9.17) is 0 Å². The molecule has 0 radical (unpaired) electrons. The molecule has 44 heavy (non-hydrogen) atoms. The number of hydrogen-bond acceptors (Lipinski definition) is 6. The minimum Gasteiger partial charge on any atom is -0.494 e. The number of aliphatic imine (C=N–C) groups is 2. The Kier molecular flexibility index (Phi) is 8.81. The lowest BCUT2D eigenvalue weighted by Crippen LogP contribution is -2.25. The van der Waals surface area contributed by atoms with Crippen molar-refractivity contribution in [3.05, 3.63) is 161 Å². The second kappa shape index (κ2) is 13.2. The Hall–Kier alpha value is -6.16. The first-order chi connectivity index (χ1) is 21.2. The minimum atomic E-state index is -0.530. The molecule has 0 saturated heterocycles. The molecule has 218 valence electrons. The second-order valence-corrected chi connectivity index (χ2v) is 9.89. The van der Waals surface area contributed by atoms with Gasteiger partial charge in [0.15, 0.2) is 18.3 Å². The maximum Gasteiger partial charge on any atom is 0.277 e. The van der Waals surface area contributed by atoms with Crippen molar-refractivity contribution in [2.45, 2.75) is 0 Å². The lowest BCUT2D eigenvalue weighted by molar-refractivity contribution is -0.671. The average molecular weight is 586 g/mol. The summed E-state index contributed by atoms with van der Waals surface area (Å²) in [7, 11) is 3.79. The smallest absolute Gasteiger partial charge is 0.277 e. The molecule has 3 N–H and O–H groups in total. The van der Waals surface area contributed by atoms with Gasteiger partial charge in [0.2, 0.25) is 5.88 Å². The molecule has 2 aromatic heterocycles. The number of nitrogens with zero attached hydrogens (tertiary/aromatic N) is 5. The Morgan fingerprint density at radius 2 is 1.25 bits per heavy atom. The van der Waals surface area contributed by atoms with E-state index in [-0.39, 0.29) is 22.9 Å². The minimum absolute atomic E-state index is 0.0345. The van der Waals surface area contributed by atoms with Gasteiger partial charge in [0.05, 0.1) is 22.5 Å². The second-order valence-electron chi connectivity index (χ2n) is 9.89. The van der Waals surface area contributed by atoms with Crippen LogP contribution in [0.5, 0.6) is 0 Å². The van der Waals surface area contributed by atoms with E-state index in [0.29, 0.717) is 27.9 Å². The highest BCUT2D eigenvalue weighted by molar-refractivity contribution is 6.15. The summed E-state index contributed by atoms with van der Waals surface area (Å²) in [6.07, 6.45) is 20.3. The monoisotopic (exact) mass is 585 g/mol. The van der Waals surface area contributed by atoms with Crippen molar-refractivity contribution in [2.24, 2.45) is 29.1 Å². The number of aryl methyl sites for hydroxylation is 2. The van der Waals surface area contributed by atoms with Crippen molar-refractivity contribution in [3.8, 4) is 0 Å². The number of carbonyl (C=O) groups excluding carboxylic acids is 2. The van der Waals surface area contributed by atoms with Crippen molar-refractivity contribution in [3.63, 3.8) is 0 Å². The Bertz CT molecular complexity index is 1890. The van der Waals surface area contributed by atoms with Crippen LogP contribution in [0.3, 0.4) is 0 Å². The van der Waals surface area contributed by atoms with Crippen molar-refractivity contribution >= 4 is 28.9 Å². The predicted octanol–water partition coefficient (Wildman–Crippen LogP) is 4.52. The molecule has 0 atom stereocenters. The molecule has 0 spiro atoms. The number of rotatable bonds is 5. The van der Waals surface area contributed by atoms with Gasteiger partial charge < -0.3 is 20.1 Å². The van der Waals surface area contributed by atoms with E-state index in [0.717, 1.165) is 5.69 Å². The SMILES string of the molecule is Cn1ccc(=NC(O)=C2C=CC(=NC(=O)c3cccc(C(=O)N=C4C=CC(=C(O)Nc5cc[n+](C)cc5)C=C4)c3)C=C2)cc1. The quantitative estimate of drug-likeness (QED) is 0.299. The van der Waals surface area contributed by atoms with Crippen molar-refractivity contribution in [1.29, 1.82) is 0 Å². The molecule has 0 saturated carbocycles. The van der Waals surface area contributed by atoms with Crippen LogP contribution in [-0.2, 0) is 14.1 Å². The van der Waals surface area contributed by atoms with E-state index >= 15 is 0 Å². The molecule has 1 aromatic carbocycles. The molecule has 2 aliphatic carbocycles. The summed E-state index contributed by atoms with van der Waals surface area (Å²) in [5.41, 5.74) is 2.97. The van der Waals surface area contributed by atoms with Gasteiger partial charge in [0.1, 0.15) is 7.05 Å². The fraction of sp³-hybridized carbons (Fsp3) is 0.0588. The molecule has 5 rings (SSSR count). The van der Waals surface area contributed by atoms with E-state index in [1.807, 2.05) is 60.1 Å². The summed E-state index contributed by atoms with van der Waals surface area (Å²) in [6.45, 7) is 0. The van der Waals surface area contributed by atoms with Gasteiger partial charge in [0, 0.05) is 53.8 Å². The number of aliphatic hydroxyl groups excluding tert-OH is 2. The number of aromatic nitrogens is 2. The van der Waals surface area contributed by atoms with Crippen LogP contribution in [0, 0.1) is 0 Å². The number of benzene rings is 1. The predicted molar refractivity (Wildman–Crippen MR) is 168 cm³/mol. The van der Waals surface area contributed by atoms with Gasteiger partial charge in [-0.3, -0.25) is 9.59 Å². The lowest BCUT2D eigenvalue weighted by atomic mass is 10.1. The van der Waals surface area contributed by atoms with Gasteiger partial charge in [-0.2, -0.15) is 0 Å². The molecule has 10 nitrogen and oxygen atoms in total. The highest BCUT2D eigenvalue weighted by atomic mass is 16.3. The summed E-state index contributed by atoms with van der Waals surface area (Å²) in [6, 6.07) is 13.4. The van der Waals surface area contributed by atoms with E-state index < -0.39 is 11.8 Å². The van der Waals surface area contributed by atoms with Crippen LogP contribution in [0.1, 0.15) is 20.7 Å². The van der Waals surface area contributed by atoms with E-state index in [2.05, 4.69) is 20.3 Å². The van der Waals surface area contributed by atoms with Crippen LogP contribution < -0.4 is 15.2 Å². The summed E-state index contributed by atoms with van der Waals surface area (Å²) in [5.74, 6) is -1.25. The molecule has 0 fully saturated rings. The van der Waals surface area contributed by atoms with Gasteiger partial charge in [-0.25, -0.2) is 19.5 Å². The molecule has 10 heteroatoms. The molecule has 0 bridgehead atoms. The number of carbonyl (C=O) groups is 2. The maximum absolute atomic E-state index is 12.9.